The molecule has 0 radical (unpaired) electrons. The molecule has 2 aliphatic carbocycles. The molecule has 0 saturated heterocycles. The summed E-state index contributed by atoms with van der Waals surface area (Å²) in [5, 5.41) is 6.60. The molecule has 0 saturated carbocycles. The van der Waals surface area contributed by atoms with Gasteiger partial charge in [0.05, 0.1) is 12.7 Å². The Labute approximate surface area is 178 Å². The van der Waals surface area contributed by atoms with E-state index < -0.39 is 41.5 Å². The minimum atomic E-state index is -4.17. The second-order valence-corrected chi connectivity index (χ2v) is 9.96. The first-order valence-corrected chi connectivity index (χ1v) is 11.7. The van der Waals surface area contributed by atoms with Crippen molar-refractivity contribution >= 4 is 21.6 Å². The number of halogens is 2. The number of aromatic nitrogens is 2. The fourth-order valence-corrected chi connectivity index (χ4v) is 5.68. The SMILES string of the molecule is O=C(CNS(=O)(=O)c1cnn2c1OCC(F)(F)C2)Nc1c2c(cc3c1CCC3)CCC2. The molecule has 2 N–H and O–H groups in total. The van der Waals surface area contributed by atoms with Gasteiger partial charge in [-0.3, -0.25) is 4.79 Å². The second kappa shape index (κ2) is 7.27. The van der Waals surface area contributed by atoms with Gasteiger partial charge >= 0.3 is 5.92 Å². The maximum atomic E-state index is 13.4. The van der Waals surface area contributed by atoms with E-state index in [1.54, 1.807) is 0 Å². The largest absolute Gasteiger partial charge is 0.470 e. The van der Waals surface area contributed by atoms with Crippen molar-refractivity contribution in [2.45, 2.75) is 55.9 Å². The summed E-state index contributed by atoms with van der Waals surface area (Å²) in [6.07, 6.45) is 6.81. The third-order valence-corrected chi connectivity index (χ3v) is 7.39. The number of hydrogen-bond donors (Lipinski definition) is 2. The predicted octanol–water partition coefficient (Wildman–Crippen LogP) is 1.81. The van der Waals surface area contributed by atoms with E-state index in [9.17, 15) is 22.0 Å². The number of nitrogens with one attached hydrogen (secondary N) is 2. The first kappa shape index (κ1) is 20.4. The highest BCUT2D eigenvalue weighted by Gasteiger charge is 2.39. The number of benzene rings is 1. The average Bonchev–Trinajstić information content (AvgIpc) is 3.44. The van der Waals surface area contributed by atoms with E-state index in [4.69, 9.17) is 4.74 Å². The van der Waals surface area contributed by atoms with E-state index in [0.717, 1.165) is 66.2 Å². The fourth-order valence-electron chi connectivity index (χ4n) is 4.63. The van der Waals surface area contributed by atoms with Crippen molar-refractivity contribution in [1.29, 1.82) is 0 Å². The minimum absolute atomic E-state index is 0.252. The molecule has 0 fully saturated rings. The number of sulfonamides is 1. The zero-order valence-corrected chi connectivity index (χ0v) is 17.5. The number of carbonyl (C=O) groups is 1. The van der Waals surface area contributed by atoms with Crippen LogP contribution < -0.4 is 14.8 Å². The standard InChI is InChI=1S/C20H22F2N4O4S/c21-20(22)10-26-19(30-11-20)16(8-23-26)31(28,29)24-9-17(27)25-18-14-5-1-3-12(14)7-13-4-2-6-15(13)18/h7-8,24H,1-6,9-11H2,(H,25,27). The summed E-state index contributed by atoms with van der Waals surface area (Å²) in [7, 11) is -4.17. The summed E-state index contributed by atoms with van der Waals surface area (Å²) >= 11 is 0. The molecular weight excluding hydrogens is 430 g/mol. The monoisotopic (exact) mass is 452 g/mol. The molecule has 5 rings (SSSR count). The lowest BCUT2D eigenvalue weighted by Gasteiger charge is -2.24. The van der Waals surface area contributed by atoms with Crippen LogP contribution in [0.5, 0.6) is 5.88 Å². The molecule has 11 heteroatoms. The number of carbonyl (C=O) groups excluding carboxylic acids is 1. The van der Waals surface area contributed by atoms with Crippen molar-refractivity contribution in [3.8, 4) is 5.88 Å². The molecule has 0 atom stereocenters. The van der Waals surface area contributed by atoms with Gasteiger partial charge in [0.1, 0.15) is 6.54 Å². The van der Waals surface area contributed by atoms with E-state index in [-0.39, 0.29) is 10.8 Å². The number of aryl methyl sites for hydroxylation is 2. The lowest BCUT2D eigenvalue weighted by Crippen LogP contribution is -2.37. The summed E-state index contributed by atoms with van der Waals surface area (Å²) in [5.74, 6) is -3.85. The molecule has 1 aliphatic heterocycles. The predicted molar refractivity (Wildman–Crippen MR) is 107 cm³/mol. The number of hydrogen-bond acceptors (Lipinski definition) is 5. The third-order valence-electron chi connectivity index (χ3n) is 6.01. The number of amides is 1. The van der Waals surface area contributed by atoms with Gasteiger partial charge in [-0.05, 0) is 60.8 Å². The highest BCUT2D eigenvalue weighted by molar-refractivity contribution is 7.89. The molecule has 0 spiro atoms. The Kier molecular flexibility index (Phi) is 4.78. The number of alkyl halides is 2. The maximum absolute atomic E-state index is 13.4. The molecule has 166 valence electrons. The van der Waals surface area contributed by atoms with Gasteiger partial charge in [0.2, 0.25) is 21.8 Å². The van der Waals surface area contributed by atoms with Crippen LogP contribution in [0.25, 0.3) is 0 Å². The van der Waals surface area contributed by atoms with Gasteiger partial charge in [-0.1, -0.05) is 6.07 Å². The number of anilines is 1. The molecule has 1 aromatic heterocycles. The number of ether oxygens (including phenoxy) is 1. The summed E-state index contributed by atoms with van der Waals surface area (Å²) in [6.45, 7) is -2.17. The summed E-state index contributed by atoms with van der Waals surface area (Å²) in [5.41, 5.74) is 5.66. The zero-order chi connectivity index (χ0) is 21.8. The van der Waals surface area contributed by atoms with Crippen molar-refractivity contribution in [2.75, 3.05) is 18.5 Å². The van der Waals surface area contributed by atoms with Gasteiger partial charge in [-0.25, -0.2) is 26.6 Å². The third kappa shape index (κ3) is 3.69. The van der Waals surface area contributed by atoms with Gasteiger partial charge in [-0.15, -0.1) is 0 Å². The molecular formula is C20H22F2N4O4S. The van der Waals surface area contributed by atoms with Crippen molar-refractivity contribution < 1.29 is 26.7 Å². The first-order chi connectivity index (χ1) is 14.7. The Hall–Kier alpha value is -2.53. The van der Waals surface area contributed by atoms with Crippen LogP contribution in [0.1, 0.15) is 35.1 Å². The Morgan fingerprint density at radius 1 is 1.16 bits per heavy atom. The van der Waals surface area contributed by atoms with Crippen molar-refractivity contribution in [3.63, 3.8) is 0 Å². The van der Waals surface area contributed by atoms with Crippen LogP contribution in [-0.2, 0) is 47.0 Å². The van der Waals surface area contributed by atoms with Gasteiger partial charge in [0, 0.05) is 5.69 Å². The average molecular weight is 452 g/mol. The number of fused-ring (bicyclic) bond motifs is 3. The quantitative estimate of drug-likeness (QED) is 0.721. The van der Waals surface area contributed by atoms with Crippen LogP contribution in [0, 0.1) is 0 Å². The topological polar surface area (TPSA) is 102 Å². The number of nitrogens with zero attached hydrogens (tertiary/aromatic N) is 2. The van der Waals surface area contributed by atoms with Gasteiger partial charge < -0.3 is 10.1 Å². The van der Waals surface area contributed by atoms with Gasteiger partial charge in [0.15, 0.2) is 11.5 Å². The molecule has 2 aromatic rings. The van der Waals surface area contributed by atoms with Crippen LogP contribution >= 0.6 is 0 Å². The lowest BCUT2D eigenvalue weighted by atomic mass is 9.98. The highest BCUT2D eigenvalue weighted by Crippen LogP contribution is 2.38. The normalized spacial score (nSPS) is 18.8. The Morgan fingerprint density at radius 3 is 2.52 bits per heavy atom. The molecule has 0 unspecified atom stereocenters. The second-order valence-electron chi connectivity index (χ2n) is 8.22. The van der Waals surface area contributed by atoms with Crippen molar-refractivity contribution in [3.05, 3.63) is 34.5 Å². The summed E-state index contributed by atoms with van der Waals surface area (Å²) in [6, 6.07) is 2.25. The van der Waals surface area contributed by atoms with Crippen LogP contribution in [0.4, 0.5) is 14.5 Å². The molecule has 1 aromatic carbocycles. The van der Waals surface area contributed by atoms with Gasteiger partial charge in [0.25, 0.3) is 0 Å². The molecule has 31 heavy (non-hydrogen) atoms. The molecule has 3 aliphatic rings. The smallest absolute Gasteiger partial charge is 0.300 e. The van der Waals surface area contributed by atoms with E-state index in [2.05, 4.69) is 21.2 Å². The Bertz CT molecular complexity index is 1140. The van der Waals surface area contributed by atoms with Gasteiger partial charge in [-0.2, -0.15) is 5.10 Å². The molecule has 2 heterocycles. The lowest BCUT2D eigenvalue weighted by molar-refractivity contribution is -0.115. The van der Waals surface area contributed by atoms with Crippen LogP contribution in [0.2, 0.25) is 0 Å². The van der Waals surface area contributed by atoms with Crippen molar-refractivity contribution in [2.24, 2.45) is 0 Å². The zero-order valence-electron chi connectivity index (χ0n) is 16.7. The Morgan fingerprint density at radius 2 is 1.84 bits per heavy atom. The van der Waals surface area contributed by atoms with E-state index in [1.165, 1.54) is 11.1 Å². The molecule has 1 amide bonds. The van der Waals surface area contributed by atoms with E-state index in [1.807, 2.05) is 0 Å². The Balaban J connectivity index is 1.31. The fraction of sp³-hybridized carbons (Fsp3) is 0.500. The number of rotatable bonds is 5. The van der Waals surface area contributed by atoms with E-state index >= 15 is 0 Å². The van der Waals surface area contributed by atoms with Crippen LogP contribution in [-0.4, -0.2) is 43.2 Å². The molecule has 8 nitrogen and oxygen atoms in total. The minimum Gasteiger partial charge on any atom is -0.470 e. The molecule has 0 bridgehead atoms. The first-order valence-electron chi connectivity index (χ1n) is 10.3. The highest BCUT2D eigenvalue weighted by atomic mass is 32.2. The summed E-state index contributed by atoms with van der Waals surface area (Å²) < 4.78 is 60.1. The van der Waals surface area contributed by atoms with Crippen LogP contribution in [0.15, 0.2) is 17.2 Å². The maximum Gasteiger partial charge on any atom is 0.300 e. The summed E-state index contributed by atoms with van der Waals surface area (Å²) in [4.78, 5) is 12.2. The van der Waals surface area contributed by atoms with Crippen molar-refractivity contribution in [1.82, 2.24) is 14.5 Å². The van der Waals surface area contributed by atoms with E-state index in [0.29, 0.717) is 0 Å². The van der Waals surface area contributed by atoms with Crippen LogP contribution in [0.3, 0.4) is 0 Å².